The van der Waals surface area contributed by atoms with E-state index in [2.05, 4.69) is 38.6 Å². The van der Waals surface area contributed by atoms with Crippen molar-refractivity contribution in [3.05, 3.63) is 46.3 Å². The number of Topliss-reactive ketones (excluding diaryl/α,β-unsaturated/α-hetero) is 1. The van der Waals surface area contributed by atoms with Gasteiger partial charge in [-0.05, 0) is 31.5 Å². The summed E-state index contributed by atoms with van der Waals surface area (Å²) in [5.41, 5.74) is 1.23. The number of amides is 2. The quantitative estimate of drug-likeness (QED) is 0.0995. The molecule has 35 heavy (non-hydrogen) atoms. The van der Waals surface area contributed by atoms with E-state index in [1.54, 1.807) is 19.1 Å². The van der Waals surface area contributed by atoms with Gasteiger partial charge in [0.25, 0.3) is 5.91 Å². The Bertz CT molecular complexity index is 979. The van der Waals surface area contributed by atoms with Gasteiger partial charge in [0.05, 0.1) is 10.7 Å². The first-order valence-corrected chi connectivity index (χ1v) is 13.6. The molecule has 2 rings (SSSR count). The van der Waals surface area contributed by atoms with Gasteiger partial charge in [-0.25, -0.2) is 0 Å². The smallest absolute Gasteiger partial charge is 0.251 e. The maximum atomic E-state index is 12.6. The van der Waals surface area contributed by atoms with Crippen molar-refractivity contribution in [3.63, 3.8) is 0 Å². The highest BCUT2D eigenvalue weighted by atomic mass is 79.9. The van der Waals surface area contributed by atoms with Gasteiger partial charge >= 0.3 is 0 Å². The summed E-state index contributed by atoms with van der Waals surface area (Å²) in [4.78, 5) is 36.4. The van der Waals surface area contributed by atoms with Crippen LogP contribution < -0.4 is 10.6 Å². The number of aryl methyl sites for hydroxylation is 1. The van der Waals surface area contributed by atoms with Crippen molar-refractivity contribution in [2.75, 3.05) is 11.9 Å². The lowest BCUT2D eigenvalue weighted by molar-refractivity contribution is -0.114. The van der Waals surface area contributed by atoms with E-state index >= 15 is 0 Å². The molecule has 1 aromatic heterocycles. The predicted octanol–water partition coefficient (Wildman–Crippen LogP) is 6.87. The second kappa shape index (κ2) is 15.7. The van der Waals surface area contributed by atoms with Gasteiger partial charge in [0.2, 0.25) is 11.7 Å². The molecule has 0 aliphatic rings. The molecule has 0 bridgehead atoms. The van der Waals surface area contributed by atoms with Crippen LogP contribution in [0.2, 0.25) is 5.02 Å². The van der Waals surface area contributed by atoms with Gasteiger partial charge in [-0.1, -0.05) is 97.4 Å². The highest BCUT2D eigenvalue weighted by molar-refractivity contribution is 9.10. The van der Waals surface area contributed by atoms with Crippen LogP contribution in [0, 0.1) is 6.92 Å². The first kappa shape index (κ1) is 29.0. The molecule has 2 amide bonds. The van der Waals surface area contributed by atoms with Crippen LogP contribution in [0.25, 0.3) is 0 Å². The van der Waals surface area contributed by atoms with Crippen LogP contribution in [0.15, 0.2) is 29.0 Å². The summed E-state index contributed by atoms with van der Waals surface area (Å²) >= 11 is 9.31. The standard InChI is InChI=1S/C26H35BrClN3O4/c1-3-4-5-6-7-8-9-10-11-12-15-29-25(33)19-13-14-20(28)21(16-19)30-26(34)22(27)24(32)23-18(2)17-35-31-23/h13-14,16-17,22H,3-12,15H2,1-2H3,(H,29,33)(H,30,34). The Morgan fingerprint density at radius 2 is 1.66 bits per heavy atom. The van der Waals surface area contributed by atoms with Gasteiger partial charge in [0.15, 0.2) is 10.5 Å². The molecule has 0 fully saturated rings. The van der Waals surface area contributed by atoms with Gasteiger partial charge in [0.1, 0.15) is 6.26 Å². The van der Waals surface area contributed by atoms with Gasteiger partial charge in [-0.2, -0.15) is 0 Å². The van der Waals surface area contributed by atoms with Crippen molar-refractivity contribution in [2.24, 2.45) is 0 Å². The number of aromatic nitrogens is 1. The van der Waals surface area contributed by atoms with Crippen LogP contribution in [0.1, 0.15) is 97.5 Å². The van der Waals surface area contributed by atoms with Gasteiger partial charge in [0, 0.05) is 17.7 Å². The minimum absolute atomic E-state index is 0.0771. The molecule has 1 unspecified atom stereocenters. The Balaban J connectivity index is 1.76. The molecule has 0 radical (unpaired) electrons. The number of unbranched alkanes of at least 4 members (excludes halogenated alkanes) is 9. The zero-order chi connectivity index (χ0) is 25.6. The summed E-state index contributed by atoms with van der Waals surface area (Å²) in [6.45, 7) is 4.49. The van der Waals surface area contributed by atoms with E-state index in [0.29, 0.717) is 17.7 Å². The number of halogens is 2. The number of nitrogens with zero attached hydrogens (tertiary/aromatic N) is 1. The normalized spacial score (nSPS) is 11.8. The molecule has 0 saturated heterocycles. The van der Waals surface area contributed by atoms with Crippen LogP contribution in [-0.2, 0) is 4.79 Å². The summed E-state index contributed by atoms with van der Waals surface area (Å²) < 4.78 is 4.77. The van der Waals surface area contributed by atoms with Crippen molar-refractivity contribution >= 4 is 50.8 Å². The van der Waals surface area contributed by atoms with Crippen molar-refractivity contribution in [3.8, 4) is 0 Å². The third-order valence-corrected chi connectivity index (χ3v) is 6.90. The summed E-state index contributed by atoms with van der Waals surface area (Å²) in [5.74, 6) is -1.39. The molecule has 1 atom stereocenters. The molecular formula is C26H35BrClN3O4. The number of hydrogen-bond donors (Lipinski definition) is 2. The Kier molecular flexibility index (Phi) is 13.1. The maximum Gasteiger partial charge on any atom is 0.251 e. The summed E-state index contributed by atoms with van der Waals surface area (Å²) in [7, 11) is 0. The van der Waals surface area contributed by atoms with E-state index in [9.17, 15) is 14.4 Å². The number of rotatable bonds is 16. The zero-order valence-corrected chi connectivity index (χ0v) is 22.8. The molecule has 192 valence electrons. The second-order valence-electron chi connectivity index (χ2n) is 8.69. The average Bonchev–Trinajstić information content (AvgIpc) is 3.28. The largest absolute Gasteiger partial charge is 0.364 e. The molecule has 9 heteroatoms. The molecule has 1 aromatic carbocycles. The monoisotopic (exact) mass is 567 g/mol. The summed E-state index contributed by atoms with van der Waals surface area (Å²) in [5, 5.41) is 9.41. The lowest BCUT2D eigenvalue weighted by Crippen LogP contribution is -2.31. The van der Waals surface area contributed by atoms with Crippen molar-refractivity contribution in [1.29, 1.82) is 0 Å². The molecule has 1 heterocycles. The number of anilines is 1. The number of benzene rings is 1. The Morgan fingerprint density at radius 3 is 2.26 bits per heavy atom. The topological polar surface area (TPSA) is 101 Å². The molecule has 0 aliphatic carbocycles. The fourth-order valence-electron chi connectivity index (χ4n) is 3.64. The summed E-state index contributed by atoms with van der Waals surface area (Å²) in [6.07, 6.45) is 13.7. The highest BCUT2D eigenvalue weighted by Crippen LogP contribution is 2.24. The highest BCUT2D eigenvalue weighted by Gasteiger charge is 2.28. The van der Waals surface area contributed by atoms with E-state index in [1.807, 2.05) is 0 Å². The molecule has 7 nitrogen and oxygen atoms in total. The van der Waals surface area contributed by atoms with E-state index in [4.69, 9.17) is 16.1 Å². The SMILES string of the molecule is CCCCCCCCCCCCNC(=O)c1ccc(Cl)c(NC(=O)C(Br)C(=O)c2nocc2C)c1. The number of hydrogen-bond acceptors (Lipinski definition) is 5. The lowest BCUT2D eigenvalue weighted by atomic mass is 10.1. The molecule has 0 saturated carbocycles. The number of carbonyl (C=O) groups is 3. The van der Waals surface area contributed by atoms with Gasteiger partial charge in [-0.3, -0.25) is 14.4 Å². The number of ketones is 1. The zero-order valence-electron chi connectivity index (χ0n) is 20.5. The van der Waals surface area contributed by atoms with Crippen molar-refractivity contribution < 1.29 is 18.9 Å². The van der Waals surface area contributed by atoms with Crippen LogP contribution in [0.4, 0.5) is 5.69 Å². The predicted molar refractivity (Wildman–Crippen MR) is 143 cm³/mol. The Labute approximate surface area is 220 Å². The third kappa shape index (κ3) is 9.76. The van der Waals surface area contributed by atoms with Crippen molar-refractivity contribution in [2.45, 2.75) is 82.9 Å². The fourth-order valence-corrected chi connectivity index (χ4v) is 4.14. The van der Waals surface area contributed by atoms with E-state index in [1.165, 1.54) is 63.7 Å². The molecule has 0 aliphatic heterocycles. The maximum absolute atomic E-state index is 12.6. The minimum atomic E-state index is -1.18. The second-order valence-corrected chi connectivity index (χ2v) is 10.0. The van der Waals surface area contributed by atoms with Crippen LogP contribution in [0.3, 0.4) is 0 Å². The third-order valence-electron chi connectivity index (χ3n) is 5.74. The van der Waals surface area contributed by atoms with Crippen LogP contribution in [0.5, 0.6) is 0 Å². The van der Waals surface area contributed by atoms with E-state index in [-0.39, 0.29) is 22.3 Å². The van der Waals surface area contributed by atoms with Crippen molar-refractivity contribution in [1.82, 2.24) is 10.5 Å². The molecule has 2 N–H and O–H groups in total. The minimum Gasteiger partial charge on any atom is -0.364 e. The van der Waals surface area contributed by atoms with Gasteiger partial charge in [-0.15, -0.1) is 0 Å². The number of alkyl halides is 1. The van der Waals surface area contributed by atoms with E-state index in [0.717, 1.165) is 12.8 Å². The Hall–Kier alpha value is -2.19. The number of carbonyl (C=O) groups excluding carboxylic acids is 3. The summed E-state index contributed by atoms with van der Waals surface area (Å²) in [6, 6.07) is 4.64. The fraction of sp³-hybridized carbons (Fsp3) is 0.538. The van der Waals surface area contributed by atoms with Crippen LogP contribution in [-0.4, -0.2) is 34.1 Å². The van der Waals surface area contributed by atoms with E-state index < -0.39 is 16.5 Å². The molecule has 2 aromatic rings. The first-order chi connectivity index (χ1) is 16.8. The van der Waals surface area contributed by atoms with Crippen LogP contribution >= 0.6 is 27.5 Å². The Morgan fingerprint density at radius 1 is 1.03 bits per heavy atom. The number of nitrogens with one attached hydrogen (secondary N) is 2. The first-order valence-electron chi connectivity index (χ1n) is 12.3. The van der Waals surface area contributed by atoms with Gasteiger partial charge < -0.3 is 15.2 Å². The lowest BCUT2D eigenvalue weighted by Gasteiger charge is -2.12. The average molecular weight is 569 g/mol. The molecule has 0 spiro atoms. The molecular weight excluding hydrogens is 534 g/mol.